The summed E-state index contributed by atoms with van der Waals surface area (Å²) in [5, 5.41) is 9.70. The van der Waals surface area contributed by atoms with Gasteiger partial charge < -0.3 is 14.6 Å². The Hall–Kier alpha value is -1.17. The Kier molecular flexibility index (Phi) is 6.21. The average Bonchev–Trinajstić information content (AvgIpc) is 2.33. The van der Waals surface area contributed by atoms with Crippen LogP contribution in [0, 0.1) is 13.8 Å². The molecule has 108 valence electrons. The van der Waals surface area contributed by atoms with Crippen LogP contribution in [-0.4, -0.2) is 55.5 Å². The van der Waals surface area contributed by atoms with Crippen LogP contribution >= 0.6 is 0 Å². The molecule has 0 saturated carbocycles. The number of ether oxygens (including phenoxy) is 2. The van der Waals surface area contributed by atoms with Gasteiger partial charge in [-0.15, -0.1) is 0 Å². The van der Waals surface area contributed by atoms with E-state index in [0.717, 1.165) is 22.6 Å². The Bertz CT molecular complexity index is 410. The number of pyridine rings is 1. The topological polar surface area (TPSA) is 54.8 Å². The van der Waals surface area contributed by atoms with Gasteiger partial charge in [0.15, 0.2) is 0 Å². The quantitative estimate of drug-likeness (QED) is 0.804. The minimum atomic E-state index is -0.484. The zero-order valence-corrected chi connectivity index (χ0v) is 12.4. The number of aliphatic hydroxyl groups excluding tert-OH is 1. The van der Waals surface area contributed by atoms with Crippen LogP contribution in [0.4, 0.5) is 0 Å². The SMILES string of the molecule is COCC(O)CN(C)Cc1ncc(C)c(OC)c1C. The Balaban J connectivity index is 2.72. The van der Waals surface area contributed by atoms with Gasteiger partial charge >= 0.3 is 0 Å². The van der Waals surface area contributed by atoms with Gasteiger partial charge in [0.2, 0.25) is 0 Å². The number of likely N-dealkylation sites (N-methyl/N-ethyl adjacent to an activating group) is 1. The molecule has 5 nitrogen and oxygen atoms in total. The molecule has 0 amide bonds. The summed E-state index contributed by atoms with van der Waals surface area (Å²) in [5.41, 5.74) is 3.05. The third-order valence-corrected chi connectivity index (χ3v) is 3.05. The van der Waals surface area contributed by atoms with Crippen LogP contribution in [0.2, 0.25) is 0 Å². The van der Waals surface area contributed by atoms with Crippen molar-refractivity contribution in [2.75, 3.05) is 34.4 Å². The molecule has 0 fully saturated rings. The van der Waals surface area contributed by atoms with E-state index in [0.29, 0.717) is 19.7 Å². The Labute approximate surface area is 115 Å². The van der Waals surface area contributed by atoms with Crippen LogP contribution < -0.4 is 4.74 Å². The van der Waals surface area contributed by atoms with Crippen molar-refractivity contribution in [1.82, 2.24) is 9.88 Å². The van der Waals surface area contributed by atoms with Crippen LogP contribution in [0.5, 0.6) is 5.75 Å². The lowest BCUT2D eigenvalue weighted by Crippen LogP contribution is -2.32. The number of methoxy groups -OCH3 is 2. The molecule has 1 heterocycles. The summed E-state index contributed by atoms with van der Waals surface area (Å²) in [6.07, 6.45) is 1.34. The van der Waals surface area contributed by atoms with E-state index in [1.807, 2.05) is 32.0 Å². The highest BCUT2D eigenvalue weighted by molar-refractivity contribution is 5.40. The van der Waals surface area contributed by atoms with Crippen LogP contribution in [0.15, 0.2) is 6.20 Å². The Morgan fingerprint density at radius 2 is 2.05 bits per heavy atom. The molecule has 1 aromatic heterocycles. The van der Waals surface area contributed by atoms with Crippen molar-refractivity contribution in [3.63, 3.8) is 0 Å². The van der Waals surface area contributed by atoms with E-state index < -0.39 is 6.10 Å². The predicted molar refractivity (Wildman–Crippen MR) is 74.5 cm³/mol. The van der Waals surface area contributed by atoms with E-state index in [4.69, 9.17) is 9.47 Å². The van der Waals surface area contributed by atoms with E-state index in [-0.39, 0.29) is 0 Å². The fraction of sp³-hybridized carbons (Fsp3) is 0.643. The number of aliphatic hydroxyl groups is 1. The van der Waals surface area contributed by atoms with Crippen molar-refractivity contribution < 1.29 is 14.6 Å². The second-order valence-corrected chi connectivity index (χ2v) is 4.85. The molecule has 0 radical (unpaired) electrons. The Morgan fingerprint density at radius 1 is 1.37 bits per heavy atom. The zero-order chi connectivity index (χ0) is 14.4. The first-order chi connectivity index (χ1) is 8.99. The third-order valence-electron chi connectivity index (χ3n) is 3.05. The molecule has 1 rings (SSSR count). The molecular formula is C14H24N2O3. The van der Waals surface area contributed by atoms with Gasteiger partial charge in [0, 0.05) is 37.5 Å². The highest BCUT2D eigenvalue weighted by atomic mass is 16.5. The molecule has 0 aliphatic heterocycles. The van der Waals surface area contributed by atoms with Gasteiger partial charge in [-0.3, -0.25) is 9.88 Å². The van der Waals surface area contributed by atoms with E-state index in [2.05, 4.69) is 4.98 Å². The predicted octanol–water partition coefficient (Wildman–Crippen LogP) is 1.15. The first-order valence-corrected chi connectivity index (χ1v) is 6.34. The highest BCUT2D eigenvalue weighted by Gasteiger charge is 2.13. The summed E-state index contributed by atoms with van der Waals surface area (Å²) in [5.74, 6) is 0.885. The molecule has 0 aromatic carbocycles. The number of aryl methyl sites for hydroxylation is 1. The van der Waals surface area contributed by atoms with Crippen LogP contribution in [0.3, 0.4) is 0 Å². The monoisotopic (exact) mass is 268 g/mol. The summed E-state index contributed by atoms with van der Waals surface area (Å²) in [4.78, 5) is 6.47. The highest BCUT2D eigenvalue weighted by Crippen LogP contribution is 2.24. The lowest BCUT2D eigenvalue weighted by molar-refractivity contribution is 0.0416. The number of hydrogen-bond donors (Lipinski definition) is 1. The number of nitrogens with zero attached hydrogens (tertiary/aromatic N) is 2. The minimum absolute atomic E-state index is 0.341. The molecule has 19 heavy (non-hydrogen) atoms. The molecule has 1 atom stereocenters. The van der Waals surface area contributed by atoms with Gasteiger partial charge in [0.25, 0.3) is 0 Å². The molecule has 0 bridgehead atoms. The van der Waals surface area contributed by atoms with Gasteiger partial charge in [-0.25, -0.2) is 0 Å². The largest absolute Gasteiger partial charge is 0.496 e. The number of aromatic nitrogens is 1. The van der Waals surface area contributed by atoms with E-state index >= 15 is 0 Å². The van der Waals surface area contributed by atoms with E-state index in [1.165, 1.54) is 0 Å². The second-order valence-electron chi connectivity index (χ2n) is 4.85. The first kappa shape index (κ1) is 15.9. The lowest BCUT2D eigenvalue weighted by atomic mass is 10.1. The van der Waals surface area contributed by atoms with Gasteiger partial charge in [0.1, 0.15) is 5.75 Å². The molecule has 0 aliphatic rings. The average molecular weight is 268 g/mol. The second kappa shape index (κ2) is 7.43. The van der Waals surface area contributed by atoms with Crippen LogP contribution in [-0.2, 0) is 11.3 Å². The van der Waals surface area contributed by atoms with Gasteiger partial charge in [-0.2, -0.15) is 0 Å². The maximum atomic E-state index is 9.70. The molecule has 1 N–H and O–H groups in total. The van der Waals surface area contributed by atoms with Crippen molar-refractivity contribution in [1.29, 1.82) is 0 Å². The van der Waals surface area contributed by atoms with E-state index in [9.17, 15) is 5.11 Å². The van der Waals surface area contributed by atoms with Gasteiger partial charge in [-0.1, -0.05) is 0 Å². The van der Waals surface area contributed by atoms with Gasteiger partial charge in [0.05, 0.1) is 25.5 Å². The van der Waals surface area contributed by atoms with Crippen molar-refractivity contribution >= 4 is 0 Å². The molecule has 5 heteroatoms. The maximum absolute atomic E-state index is 9.70. The third kappa shape index (κ3) is 4.45. The van der Waals surface area contributed by atoms with Crippen LogP contribution in [0.25, 0.3) is 0 Å². The summed E-state index contributed by atoms with van der Waals surface area (Å²) < 4.78 is 10.3. The Morgan fingerprint density at radius 3 is 2.63 bits per heavy atom. The molecule has 1 unspecified atom stereocenters. The maximum Gasteiger partial charge on any atom is 0.128 e. The van der Waals surface area contributed by atoms with Gasteiger partial charge in [-0.05, 0) is 20.9 Å². The number of rotatable bonds is 7. The smallest absolute Gasteiger partial charge is 0.128 e. The molecule has 0 saturated heterocycles. The fourth-order valence-corrected chi connectivity index (χ4v) is 2.16. The summed E-state index contributed by atoms with van der Waals surface area (Å²) in [6.45, 7) is 5.55. The molecular weight excluding hydrogens is 244 g/mol. The number of hydrogen-bond acceptors (Lipinski definition) is 5. The standard InChI is InChI=1S/C14H24N2O3/c1-10-6-15-13(11(2)14(10)19-5)8-16(3)7-12(17)9-18-4/h6,12,17H,7-9H2,1-5H3. The summed E-state index contributed by atoms with van der Waals surface area (Å²) in [7, 11) is 5.21. The van der Waals surface area contributed by atoms with Crippen molar-refractivity contribution in [2.45, 2.75) is 26.5 Å². The minimum Gasteiger partial charge on any atom is -0.496 e. The first-order valence-electron chi connectivity index (χ1n) is 6.34. The lowest BCUT2D eigenvalue weighted by Gasteiger charge is -2.21. The fourth-order valence-electron chi connectivity index (χ4n) is 2.16. The summed E-state index contributed by atoms with van der Waals surface area (Å²) >= 11 is 0. The normalized spacial score (nSPS) is 12.8. The molecule has 0 aliphatic carbocycles. The zero-order valence-electron chi connectivity index (χ0n) is 12.4. The van der Waals surface area contributed by atoms with Crippen LogP contribution in [0.1, 0.15) is 16.8 Å². The van der Waals surface area contributed by atoms with E-state index in [1.54, 1.807) is 14.2 Å². The van der Waals surface area contributed by atoms with Crippen molar-refractivity contribution in [2.24, 2.45) is 0 Å². The van der Waals surface area contributed by atoms with Crippen molar-refractivity contribution in [3.8, 4) is 5.75 Å². The summed E-state index contributed by atoms with van der Waals surface area (Å²) in [6, 6.07) is 0. The van der Waals surface area contributed by atoms with Crippen molar-refractivity contribution in [3.05, 3.63) is 23.0 Å². The molecule has 1 aromatic rings. The molecule has 0 spiro atoms.